The van der Waals surface area contributed by atoms with Gasteiger partial charge in [0.05, 0.1) is 6.42 Å². The van der Waals surface area contributed by atoms with E-state index in [0.29, 0.717) is 0 Å². The van der Waals surface area contributed by atoms with Gasteiger partial charge in [0.15, 0.2) is 5.60 Å². The Morgan fingerprint density at radius 2 is 2.00 bits per heavy atom. The van der Waals surface area contributed by atoms with Gasteiger partial charge in [0, 0.05) is 4.43 Å². The zero-order valence-corrected chi connectivity index (χ0v) is 7.74. The maximum Gasteiger partial charge on any atom is 0.306 e. The van der Waals surface area contributed by atoms with Crippen LogP contribution in [0, 0.1) is 0 Å². The average molecular weight is 273 g/mol. The molecule has 64 valence electrons. The number of alkyl halides is 1. The van der Waals surface area contributed by atoms with E-state index < -0.39 is 23.9 Å². The van der Waals surface area contributed by atoms with E-state index in [9.17, 15) is 14.7 Å². The fourth-order valence-electron chi connectivity index (χ4n) is 0.450. The molecule has 4 N–H and O–H groups in total. The number of carbonyl (C=O) groups excluding carboxylic acids is 1. The summed E-state index contributed by atoms with van der Waals surface area (Å²) in [5, 5.41) is 17.5. The summed E-state index contributed by atoms with van der Waals surface area (Å²) in [5.41, 5.74) is 2.86. The van der Waals surface area contributed by atoms with Crippen LogP contribution in [-0.4, -0.2) is 32.1 Å². The number of carbonyl (C=O) groups is 2. The topological polar surface area (TPSA) is 101 Å². The van der Waals surface area contributed by atoms with Crippen molar-refractivity contribution in [2.24, 2.45) is 5.73 Å². The van der Waals surface area contributed by atoms with Crippen LogP contribution >= 0.6 is 22.6 Å². The Kier molecular flexibility index (Phi) is 3.73. The summed E-state index contributed by atoms with van der Waals surface area (Å²) in [6, 6.07) is 0. The molecule has 0 bridgehead atoms. The first-order valence-corrected chi connectivity index (χ1v) is 4.25. The fraction of sp³-hybridized carbons (Fsp3) is 0.600. The van der Waals surface area contributed by atoms with Crippen molar-refractivity contribution >= 4 is 34.5 Å². The van der Waals surface area contributed by atoms with Crippen molar-refractivity contribution in [2.75, 3.05) is 4.43 Å². The lowest BCUT2D eigenvalue weighted by Gasteiger charge is -2.18. The van der Waals surface area contributed by atoms with Crippen molar-refractivity contribution in [1.82, 2.24) is 0 Å². The van der Waals surface area contributed by atoms with Crippen LogP contribution in [0.5, 0.6) is 0 Å². The molecule has 6 heteroatoms. The van der Waals surface area contributed by atoms with Crippen molar-refractivity contribution in [1.29, 1.82) is 0 Å². The van der Waals surface area contributed by atoms with Gasteiger partial charge in [-0.05, 0) is 0 Å². The van der Waals surface area contributed by atoms with Crippen LogP contribution in [0.3, 0.4) is 0 Å². The first kappa shape index (κ1) is 10.6. The summed E-state index contributed by atoms with van der Waals surface area (Å²) >= 11 is 1.70. The Morgan fingerprint density at radius 3 is 2.09 bits per heavy atom. The molecule has 1 unspecified atom stereocenters. The molecule has 0 aliphatic rings. The van der Waals surface area contributed by atoms with E-state index in [0.717, 1.165) is 0 Å². The van der Waals surface area contributed by atoms with E-state index in [4.69, 9.17) is 10.8 Å². The largest absolute Gasteiger partial charge is 0.481 e. The number of amides is 1. The molecule has 0 rings (SSSR count). The Labute approximate surface area is 76.7 Å². The summed E-state index contributed by atoms with van der Waals surface area (Å²) in [6.45, 7) is 0. The Bertz CT molecular complexity index is 183. The van der Waals surface area contributed by atoms with Crippen LogP contribution in [0.2, 0.25) is 0 Å². The van der Waals surface area contributed by atoms with Crippen LogP contribution < -0.4 is 5.73 Å². The molecule has 11 heavy (non-hydrogen) atoms. The molecule has 0 aliphatic heterocycles. The minimum atomic E-state index is -1.91. The standard InChI is InChI=1S/C5H8INO4/c6-2-5(11,4(7)10)1-3(8)9/h11H,1-2H2,(H2,7,10)(H,8,9). The normalized spacial score (nSPS) is 15.5. The highest BCUT2D eigenvalue weighted by molar-refractivity contribution is 14.1. The molecule has 0 saturated heterocycles. The number of rotatable bonds is 4. The van der Waals surface area contributed by atoms with E-state index in [-0.39, 0.29) is 4.43 Å². The van der Waals surface area contributed by atoms with Gasteiger partial charge >= 0.3 is 5.97 Å². The van der Waals surface area contributed by atoms with Gasteiger partial charge in [0.1, 0.15) is 0 Å². The molecule has 0 radical (unpaired) electrons. The van der Waals surface area contributed by atoms with Gasteiger partial charge in [-0.2, -0.15) is 0 Å². The zero-order chi connectivity index (χ0) is 9.07. The first-order valence-electron chi connectivity index (χ1n) is 2.72. The smallest absolute Gasteiger partial charge is 0.306 e. The molecular formula is C5H8INO4. The van der Waals surface area contributed by atoms with Gasteiger partial charge in [-0.15, -0.1) is 0 Å². The highest BCUT2D eigenvalue weighted by Crippen LogP contribution is 2.12. The summed E-state index contributed by atoms with van der Waals surface area (Å²) in [6.07, 6.45) is -0.648. The number of hydrogen-bond acceptors (Lipinski definition) is 3. The van der Waals surface area contributed by atoms with E-state index in [1.165, 1.54) is 0 Å². The van der Waals surface area contributed by atoms with Gasteiger partial charge in [-0.3, -0.25) is 9.59 Å². The highest BCUT2D eigenvalue weighted by Gasteiger charge is 2.35. The summed E-state index contributed by atoms with van der Waals surface area (Å²) in [7, 11) is 0. The van der Waals surface area contributed by atoms with Crippen LogP contribution in [0.15, 0.2) is 0 Å². The van der Waals surface area contributed by atoms with E-state index >= 15 is 0 Å². The first-order chi connectivity index (χ1) is 4.92. The summed E-state index contributed by atoms with van der Waals surface area (Å²) in [4.78, 5) is 20.6. The van der Waals surface area contributed by atoms with Gasteiger partial charge in [-0.1, -0.05) is 22.6 Å². The third kappa shape index (κ3) is 3.02. The molecule has 0 aliphatic carbocycles. The second kappa shape index (κ2) is 3.86. The predicted octanol–water partition coefficient (Wildman–Crippen LogP) is -0.888. The summed E-state index contributed by atoms with van der Waals surface area (Å²) < 4.78 is -0.0214. The van der Waals surface area contributed by atoms with Crippen molar-refractivity contribution in [3.05, 3.63) is 0 Å². The number of aliphatic carboxylic acids is 1. The van der Waals surface area contributed by atoms with Gasteiger partial charge in [-0.25, -0.2) is 0 Å². The highest BCUT2D eigenvalue weighted by atomic mass is 127. The Morgan fingerprint density at radius 1 is 1.55 bits per heavy atom. The SMILES string of the molecule is NC(=O)C(O)(CI)CC(=O)O. The molecule has 1 amide bonds. The van der Waals surface area contributed by atoms with Crippen molar-refractivity contribution in [3.8, 4) is 0 Å². The minimum absolute atomic E-state index is 0.0214. The van der Waals surface area contributed by atoms with Crippen molar-refractivity contribution in [2.45, 2.75) is 12.0 Å². The number of carboxylic acid groups (broad SMARTS) is 1. The number of nitrogens with two attached hydrogens (primary N) is 1. The van der Waals surface area contributed by atoms with Crippen LogP contribution in [0.25, 0.3) is 0 Å². The second-order valence-electron chi connectivity index (χ2n) is 2.10. The predicted molar refractivity (Wildman–Crippen MR) is 45.3 cm³/mol. The van der Waals surface area contributed by atoms with E-state index in [1.54, 1.807) is 22.6 Å². The number of carboxylic acids is 1. The van der Waals surface area contributed by atoms with E-state index in [2.05, 4.69) is 0 Å². The quantitative estimate of drug-likeness (QED) is 0.457. The average Bonchev–Trinajstić information content (AvgIpc) is 1.86. The molecule has 0 heterocycles. The molecule has 0 spiro atoms. The third-order valence-corrected chi connectivity index (χ3v) is 2.39. The lowest BCUT2D eigenvalue weighted by molar-refractivity contribution is -0.148. The van der Waals surface area contributed by atoms with Gasteiger partial charge in [0.25, 0.3) is 5.91 Å². The maximum atomic E-state index is 10.5. The van der Waals surface area contributed by atoms with Gasteiger partial charge < -0.3 is 15.9 Å². The summed E-state index contributed by atoms with van der Waals surface area (Å²) in [5.74, 6) is -2.25. The number of aliphatic hydroxyl groups is 1. The molecule has 0 aromatic rings. The number of halogens is 1. The molecule has 0 saturated carbocycles. The van der Waals surface area contributed by atoms with Crippen LogP contribution in [-0.2, 0) is 9.59 Å². The number of primary amides is 1. The van der Waals surface area contributed by atoms with Gasteiger partial charge in [0.2, 0.25) is 0 Å². The molecule has 0 aromatic heterocycles. The van der Waals surface area contributed by atoms with Crippen LogP contribution in [0.4, 0.5) is 0 Å². The number of hydrogen-bond donors (Lipinski definition) is 3. The fourth-order valence-corrected chi connectivity index (χ4v) is 1.10. The van der Waals surface area contributed by atoms with Crippen molar-refractivity contribution in [3.63, 3.8) is 0 Å². The van der Waals surface area contributed by atoms with Crippen molar-refractivity contribution < 1.29 is 19.8 Å². The van der Waals surface area contributed by atoms with Crippen LogP contribution in [0.1, 0.15) is 6.42 Å². The second-order valence-corrected chi connectivity index (χ2v) is 2.86. The lowest BCUT2D eigenvalue weighted by atomic mass is 10.0. The zero-order valence-electron chi connectivity index (χ0n) is 5.58. The van der Waals surface area contributed by atoms with E-state index in [1.807, 2.05) is 0 Å². The molecule has 1 atom stereocenters. The maximum absolute atomic E-state index is 10.5. The molecule has 5 nitrogen and oxygen atoms in total. The minimum Gasteiger partial charge on any atom is -0.481 e. The molecule has 0 fully saturated rings. The third-order valence-electron chi connectivity index (χ3n) is 1.12. The Hall–Kier alpha value is -0.370. The molecule has 0 aromatic carbocycles. The Balaban J connectivity index is 4.34. The monoisotopic (exact) mass is 273 g/mol. The lowest BCUT2D eigenvalue weighted by Crippen LogP contribution is -2.47. The molecular weight excluding hydrogens is 265 g/mol.